The lowest BCUT2D eigenvalue weighted by Crippen LogP contribution is -2.18. The molecular formula is C15H16FN3O. The molecule has 104 valence electrons. The Morgan fingerprint density at radius 3 is 2.60 bits per heavy atom. The minimum atomic E-state index is -0.358. The van der Waals surface area contributed by atoms with E-state index in [2.05, 4.69) is 10.7 Å². The molecule has 0 aromatic heterocycles. The van der Waals surface area contributed by atoms with Gasteiger partial charge in [-0.05, 0) is 43.7 Å². The first-order chi connectivity index (χ1) is 9.52. The third-order valence-electron chi connectivity index (χ3n) is 3.09. The van der Waals surface area contributed by atoms with Gasteiger partial charge in [0.15, 0.2) is 0 Å². The number of nitrogens with two attached hydrogens (primary N) is 1. The number of hydrogen-bond acceptors (Lipinski definition) is 3. The second-order valence-corrected chi connectivity index (χ2v) is 4.56. The van der Waals surface area contributed by atoms with Crippen molar-refractivity contribution in [2.24, 2.45) is 5.84 Å². The lowest BCUT2D eigenvalue weighted by atomic mass is 10.1. The van der Waals surface area contributed by atoms with Crippen LogP contribution in [0.5, 0.6) is 0 Å². The third-order valence-corrected chi connectivity index (χ3v) is 3.09. The molecule has 2 aromatic rings. The van der Waals surface area contributed by atoms with Crippen molar-refractivity contribution in [3.05, 3.63) is 58.9 Å². The van der Waals surface area contributed by atoms with Gasteiger partial charge in [-0.3, -0.25) is 10.6 Å². The maximum absolute atomic E-state index is 13.4. The summed E-state index contributed by atoms with van der Waals surface area (Å²) in [6, 6.07) is 9.81. The first-order valence-electron chi connectivity index (χ1n) is 6.16. The van der Waals surface area contributed by atoms with Gasteiger partial charge in [0.2, 0.25) is 0 Å². The van der Waals surface area contributed by atoms with Crippen molar-refractivity contribution in [1.29, 1.82) is 0 Å². The zero-order chi connectivity index (χ0) is 14.7. The summed E-state index contributed by atoms with van der Waals surface area (Å²) in [6.07, 6.45) is 0. The molecule has 0 bridgehead atoms. The van der Waals surface area contributed by atoms with Crippen molar-refractivity contribution >= 4 is 17.3 Å². The molecule has 1 amide bonds. The summed E-state index contributed by atoms with van der Waals surface area (Å²) in [7, 11) is 0. The highest BCUT2D eigenvalue weighted by molar-refractivity contribution is 6.08. The Kier molecular flexibility index (Phi) is 4.00. The number of halogens is 1. The first-order valence-corrected chi connectivity index (χ1v) is 6.16. The molecule has 0 saturated heterocycles. The smallest absolute Gasteiger partial charge is 0.257 e. The maximum Gasteiger partial charge on any atom is 0.257 e. The predicted octanol–water partition coefficient (Wildman–Crippen LogP) is 2.98. The molecule has 0 fully saturated rings. The molecule has 0 atom stereocenters. The molecule has 5 heteroatoms. The molecule has 0 aliphatic carbocycles. The van der Waals surface area contributed by atoms with E-state index in [-0.39, 0.29) is 11.7 Å². The van der Waals surface area contributed by atoms with Crippen molar-refractivity contribution < 1.29 is 9.18 Å². The fourth-order valence-corrected chi connectivity index (χ4v) is 1.91. The van der Waals surface area contributed by atoms with Crippen molar-refractivity contribution in [2.75, 3.05) is 10.7 Å². The molecule has 0 spiro atoms. The zero-order valence-corrected chi connectivity index (χ0v) is 11.3. The molecule has 0 unspecified atom stereocenters. The van der Waals surface area contributed by atoms with Gasteiger partial charge in [-0.25, -0.2) is 4.39 Å². The van der Waals surface area contributed by atoms with E-state index in [4.69, 9.17) is 5.84 Å². The quantitative estimate of drug-likeness (QED) is 0.595. The largest absolute Gasteiger partial charge is 0.323 e. The second kappa shape index (κ2) is 5.71. The van der Waals surface area contributed by atoms with Crippen LogP contribution >= 0.6 is 0 Å². The number of carbonyl (C=O) groups excluding carboxylic acids is 1. The van der Waals surface area contributed by atoms with E-state index in [9.17, 15) is 9.18 Å². The van der Waals surface area contributed by atoms with Crippen LogP contribution in [0.3, 0.4) is 0 Å². The summed E-state index contributed by atoms with van der Waals surface area (Å²) in [5.41, 5.74) is 5.25. The summed E-state index contributed by atoms with van der Waals surface area (Å²) in [5.74, 6) is 4.72. The molecule has 2 aromatic carbocycles. The standard InChI is InChI=1S/C15H16FN3O/c1-9-6-7-11(14(8-9)19-17)15(20)18-13-5-3-4-12(16)10(13)2/h3-8,19H,17H2,1-2H3,(H,18,20). The Hall–Kier alpha value is -2.40. The number of nitrogen functional groups attached to an aromatic ring is 1. The van der Waals surface area contributed by atoms with Gasteiger partial charge in [-0.15, -0.1) is 0 Å². The van der Waals surface area contributed by atoms with Gasteiger partial charge in [0.1, 0.15) is 5.82 Å². The first kappa shape index (κ1) is 14.0. The van der Waals surface area contributed by atoms with Gasteiger partial charge in [-0.2, -0.15) is 0 Å². The van der Waals surface area contributed by atoms with Crippen LogP contribution in [0.15, 0.2) is 36.4 Å². The number of carbonyl (C=O) groups is 1. The molecular weight excluding hydrogens is 257 g/mol. The molecule has 0 heterocycles. The van der Waals surface area contributed by atoms with E-state index in [1.54, 1.807) is 31.2 Å². The number of benzene rings is 2. The van der Waals surface area contributed by atoms with E-state index in [1.807, 2.05) is 13.0 Å². The number of aryl methyl sites for hydroxylation is 1. The topological polar surface area (TPSA) is 67.2 Å². The highest BCUT2D eigenvalue weighted by Gasteiger charge is 2.13. The van der Waals surface area contributed by atoms with E-state index in [0.29, 0.717) is 22.5 Å². The van der Waals surface area contributed by atoms with E-state index < -0.39 is 0 Å². The lowest BCUT2D eigenvalue weighted by molar-refractivity contribution is 0.102. The third kappa shape index (κ3) is 2.78. The highest BCUT2D eigenvalue weighted by atomic mass is 19.1. The van der Waals surface area contributed by atoms with Gasteiger partial charge < -0.3 is 10.7 Å². The Bertz CT molecular complexity index is 656. The monoisotopic (exact) mass is 273 g/mol. The SMILES string of the molecule is Cc1ccc(C(=O)Nc2cccc(F)c2C)c(NN)c1. The zero-order valence-electron chi connectivity index (χ0n) is 11.3. The predicted molar refractivity (Wildman–Crippen MR) is 78.1 cm³/mol. The van der Waals surface area contributed by atoms with Gasteiger partial charge in [0, 0.05) is 11.3 Å². The summed E-state index contributed by atoms with van der Waals surface area (Å²) >= 11 is 0. The van der Waals surface area contributed by atoms with Crippen molar-refractivity contribution in [3.8, 4) is 0 Å². The summed E-state index contributed by atoms with van der Waals surface area (Å²) in [6.45, 7) is 3.52. The molecule has 4 nitrogen and oxygen atoms in total. The van der Waals surface area contributed by atoms with Crippen molar-refractivity contribution in [3.63, 3.8) is 0 Å². The van der Waals surface area contributed by atoms with Crippen molar-refractivity contribution in [1.82, 2.24) is 0 Å². The van der Waals surface area contributed by atoms with Crippen LogP contribution in [0.1, 0.15) is 21.5 Å². The molecule has 4 N–H and O–H groups in total. The van der Waals surface area contributed by atoms with Gasteiger partial charge in [0.25, 0.3) is 5.91 Å². The Morgan fingerprint density at radius 2 is 1.90 bits per heavy atom. The number of nitrogens with one attached hydrogen (secondary N) is 2. The normalized spacial score (nSPS) is 10.2. The lowest BCUT2D eigenvalue weighted by Gasteiger charge is -2.12. The minimum absolute atomic E-state index is 0.341. The van der Waals surface area contributed by atoms with Crippen LogP contribution in [0.2, 0.25) is 0 Å². The fourth-order valence-electron chi connectivity index (χ4n) is 1.91. The average Bonchev–Trinajstić information content (AvgIpc) is 2.43. The van der Waals surface area contributed by atoms with E-state index in [0.717, 1.165) is 5.56 Å². The number of rotatable bonds is 3. The number of hydrogen-bond donors (Lipinski definition) is 3. The number of hydrazine groups is 1. The Morgan fingerprint density at radius 1 is 1.15 bits per heavy atom. The summed E-state index contributed by atoms with van der Waals surface area (Å²) in [5, 5.41) is 2.69. The van der Waals surface area contributed by atoms with Crippen molar-refractivity contribution in [2.45, 2.75) is 13.8 Å². The Labute approximate surface area is 116 Å². The van der Waals surface area contributed by atoms with Gasteiger partial charge in [-0.1, -0.05) is 12.1 Å². The van der Waals surface area contributed by atoms with Gasteiger partial charge in [0.05, 0.1) is 11.3 Å². The number of anilines is 2. The molecule has 0 radical (unpaired) electrons. The highest BCUT2D eigenvalue weighted by Crippen LogP contribution is 2.21. The van der Waals surface area contributed by atoms with Crippen LogP contribution in [0, 0.1) is 19.7 Å². The summed E-state index contributed by atoms with van der Waals surface area (Å²) < 4.78 is 13.4. The average molecular weight is 273 g/mol. The van der Waals surface area contributed by atoms with Crippen LogP contribution < -0.4 is 16.6 Å². The molecule has 0 aliphatic rings. The number of amides is 1. The molecule has 20 heavy (non-hydrogen) atoms. The maximum atomic E-state index is 13.4. The summed E-state index contributed by atoms with van der Waals surface area (Å²) in [4.78, 5) is 12.2. The van der Waals surface area contributed by atoms with Crippen LogP contribution in [0.25, 0.3) is 0 Å². The molecule has 0 aliphatic heterocycles. The molecule has 0 saturated carbocycles. The van der Waals surface area contributed by atoms with Crippen LogP contribution in [-0.2, 0) is 0 Å². The van der Waals surface area contributed by atoms with Crippen LogP contribution in [-0.4, -0.2) is 5.91 Å². The Balaban J connectivity index is 2.31. The fraction of sp³-hybridized carbons (Fsp3) is 0.133. The van der Waals surface area contributed by atoms with Gasteiger partial charge >= 0.3 is 0 Å². The minimum Gasteiger partial charge on any atom is -0.323 e. The van der Waals surface area contributed by atoms with E-state index in [1.165, 1.54) is 6.07 Å². The van der Waals surface area contributed by atoms with E-state index >= 15 is 0 Å². The van der Waals surface area contributed by atoms with Crippen LogP contribution in [0.4, 0.5) is 15.8 Å². The second-order valence-electron chi connectivity index (χ2n) is 4.56. The molecule has 2 rings (SSSR count).